The van der Waals surface area contributed by atoms with Gasteiger partial charge in [0.05, 0.1) is 5.69 Å². The van der Waals surface area contributed by atoms with Gasteiger partial charge in [-0.1, -0.05) is 20.8 Å². The molecule has 2 aromatic rings. The minimum absolute atomic E-state index is 0.0338. The van der Waals surface area contributed by atoms with E-state index in [1.54, 1.807) is 19.1 Å². The number of anilines is 1. The van der Waals surface area contributed by atoms with Gasteiger partial charge in [-0.25, -0.2) is 4.98 Å². The van der Waals surface area contributed by atoms with Crippen LogP contribution >= 0.6 is 11.3 Å². The van der Waals surface area contributed by atoms with E-state index in [0.717, 1.165) is 11.3 Å². The van der Waals surface area contributed by atoms with Crippen LogP contribution in [0.4, 0.5) is 5.13 Å². The van der Waals surface area contributed by atoms with Crippen LogP contribution in [-0.2, 0) is 5.41 Å². The SMILES string of the molecule is Cc1cc(O)ccc1C(=O)Nc1nc(C(C)(C)C)cs1. The first-order chi connectivity index (χ1) is 9.27. The lowest BCUT2D eigenvalue weighted by Gasteiger charge is -2.14. The summed E-state index contributed by atoms with van der Waals surface area (Å²) in [4.78, 5) is 16.6. The summed E-state index contributed by atoms with van der Waals surface area (Å²) in [6, 6.07) is 4.68. The minimum Gasteiger partial charge on any atom is -0.508 e. The Balaban J connectivity index is 2.17. The zero-order chi connectivity index (χ0) is 14.9. The van der Waals surface area contributed by atoms with Crippen LogP contribution in [-0.4, -0.2) is 16.0 Å². The van der Waals surface area contributed by atoms with E-state index in [-0.39, 0.29) is 17.1 Å². The second-order valence-corrected chi connectivity index (χ2v) is 6.60. The molecule has 1 amide bonds. The third-order valence-corrected chi connectivity index (χ3v) is 3.71. The van der Waals surface area contributed by atoms with Crippen molar-refractivity contribution in [3.8, 4) is 5.75 Å². The average Bonchev–Trinajstić information content (AvgIpc) is 2.76. The molecule has 2 rings (SSSR count). The number of nitrogens with zero attached hydrogens (tertiary/aromatic N) is 1. The number of hydrogen-bond acceptors (Lipinski definition) is 4. The van der Waals surface area contributed by atoms with Gasteiger partial charge >= 0.3 is 0 Å². The summed E-state index contributed by atoms with van der Waals surface area (Å²) in [5.74, 6) is -0.0550. The fourth-order valence-corrected chi connectivity index (χ4v) is 2.67. The van der Waals surface area contributed by atoms with Crippen molar-refractivity contribution in [3.63, 3.8) is 0 Å². The highest BCUT2D eigenvalue weighted by Crippen LogP contribution is 2.27. The number of nitrogens with one attached hydrogen (secondary N) is 1. The number of carbonyl (C=O) groups is 1. The fraction of sp³-hybridized carbons (Fsp3) is 0.333. The smallest absolute Gasteiger partial charge is 0.257 e. The Morgan fingerprint density at radius 2 is 2.05 bits per heavy atom. The predicted molar refractivity (Wildman–Crippen MR) is 81.6 cm³/mol. The number of aromatic nitrogens is 1. The summed E-state index contributed by atoms with van der Waals surface area (Å²) in [5.41, 5.74) is 2.19. The summed E-state index contributed by atoms with van der Waals surface area (Å²) in [5, 5.41) is 14.7. The highest BCUT2D eigenvalue weighted by atomic mass is 32.1. The molecule has 0 bridgehead atoms. The summed E-state index contributed by atoms with van der Waals surface area (Å²) in [6.45, 7) is 8.03. The summed E-state index contributed by atoms with van der Waals surface area (Å²) < 4.78 is 0. The number of aryl methyl sites for hydroxylation is 1. The maximum atomic E-state index is 12.2. The number of carbonyl (C=O) groups excluding carboxylic acids is 1. The predicted octanol–water partition coefficient (Wildman–Crippen LogP) is 3.71. The van der Waals surface area contributed by atoms with Crippen LogP contribution in [0.25, 0.3) is 0 Å². The van der Waals surface area contributed by atoms with E-state index < -0.39 is 0 Å². The van der Waals surface area contributed by atoms with E-state index in [1.165, 1.54) is 17.4 Å². The van der Waals surface area contributed by atoms with Crippen molar-refractivity contribution in [3.05, 3.63) is 40.4 Å². The van der Waals surface area contributed by atoms with Gasteiger partial charge in [0.2, 0.25) is 0 Å². The highest BCUT2D eigenvalue weighted by molar-refractivity contribution is 7.14. The van der Waals surface area contributed by atoms with E-state index in [4.69, 9.17) is 0 Å². The van der Waals surface area contributed by atoms with E-state index in [9.17, 15) is 9.90 Å². The molecule has 0 radical (unpaired) electrons. The van der Waals surface area contributed by atoms with E-state index in [1.807, 2.05) is 5.38 Å². The minimum atomic E-state index is -0.211. The van der Waals surface area contributed by atoms with Crippen molar-refractivity contribution in [2.24, 2.45) is 0 Å². The molecule has 0 spiro atoms. The van der Waals surface area contributed by atoms with E-state index >= 15 is 0 Å². The molecule has 1 aromatic heterocycles. The van der Waals surface area contributed by atoms with Crippen LogP contribution in [0.15, 0.2) is 23.6 Å². The molecule has 0 aliphatic heterocycles. The van der Waals surface area contributed by atoms with Gasteiger partial charge < -0.3 is 5.11 Å². The molecule has 1 aromatic carbocycles. The highest BCUT2D eigenvalue weighted by Gasteiger charge is 2.18. The Morgan fingerprint density at radius 3 is 2.60 bits per heavy atom. The third-order valence-electron chi connectivity index (χ3n) is 2.95. The molecular formula is C15H18N2O2S. The topological polar surface area (TPSA) is 62.2 Å². The Hall–Kier alpha value is -1.88. The zero-order valence-corrected chi connectivity index (χ0v) is 12.8. The second kappa shape index (κ2) is 5.25. The molecule has 0 unspecified atom stereocenters. The van der Waals surface area contributed by atoms with E-state index in [0.29, 0.717) is 10.7 Å². The van der Waals surface area contributed by atoms with Crippen LogP contribution in [0.2, 0.25) is 0 Å². The number of amides is 1. The molecule has 4 nitrogen and oxygen atoms in total. The second-order valence-electron chi connectivity index (χ2n) is 5.74. The van der Waals surface area contributed by atoms with Gasteiger partial charge in [-0.05, 0) is 30.7 Å². The molecule has 106 valence electrons. The lowest BCUT2D eigenvalue weighted by molar-refractivity contribution is 0.102. The summed E-state index contributed by atoms with van der Waals surface area (Å²) in [6.07, 6.45) is 0. The first-order valence-electron chi connectivity index (χ1n) is 6.34. The number of thiazole rings is 1. The molecule has 1 heterocycles. The number of phenols is 1. The lowest BCUT2D eigenvalue weighted by Crippen LogP contribution is -2.15. The Labute approximate surface area is 122 Å². The van der Waals surface area contributed by atoms with Gasteiger partial charge in [-0.2, -0.15) is 0 Å². The number of hydrogen-bond donors (Lipinski definition) is 2. The molecule has 0 saturated carbocycles. The third kappa shape index (κ3) is 3.17. The first kappa shape index (κ1) is 14.5. The van der Waals surface area contributed by atoms with Crippen molar-refractivity contribution in [1.82, 2.24) is 4.98 Å². The average molecular weight is 290 g/mol. The molecular weight excluding hydrogens is 272 g/mol. The van der Waals surface area contributed by atoms with Gasteiger partial charge in [0.15, 0.2) is 5.13 Å². The van der Waals surface area contributed by atoms with Crippen LogP contribution < -0.4 is 5.32 Å². The maximum absolute atomic E-state index is 12.2. The molecule has 2 N–H and O–H groups in total. The molecule has 0 aliphatic rings. The Kier molecular flexibility index (Phi) is 3.81. The van der Waals surface area contributed by atoms with Crippen molar-refractivity contribution in [2.45, 2.75) is 33.1 Å². The van der Waals surface area contributed by atoms with Crippen molar-refractivity contribution in [1.29, 1.82) is 0 Å². The number of benzene rings is 1. The number of rotatable bonds is 2. The normalized spacial score (nSPS) is 11.4. The quantitative estimate of drug-likeness (QED) is 0.886. The van der Waals surface area contributed by atoms with Crippen molar-refractivity contribution >= 4 is 22.4 Å². The summed E-state index contributed by atoms with van der Waals surface area (Å²) in [7, 11) is 0. The van der Waals surface area contributed by atoms with E-state index in [2.05, 4.69) is 31.1 Å². The Bertz CT molecular complexity index is 642. The van der Waals surface area contributed by atoms with Crippen LogP contribution in [0, 0.1) is 6.92 Å². The molecule has 20 heavy (non-hydrogen) atoms. The molecule has 5 heteroatoms. The number of aromatic hydroxyl groups is 1. The molecule has 0 saturated heterocycles. The van der Waals surface area contributed by atoms with Crippen LogP contribution in [0.3, 0.4) is 0 Å². The molecule has 0 aliphatic carbocycles. The number of phenolic OH excluding ortho intramolecular Hbond substituents is 1. The summed E-state index contributed by atoms with van der Waals surface area (Å²) >= 11 is 1.42. The monoisotopic (exact) mass is 290 g/mol. The largest absolute Gasteiger partial charge is 0.508 e. The van der Waals surface area contributed by atoms with Crippen LogP contribution in [0.1, 0.15) is 42.4 Å². The van der Waals surface area contributed by atoms with Gasteiger partial charge in [0.25, 0.3) is 5.91 Å². The maximum Gasteiger partial charge on any atom is 0.257 e. The van der Waals surface area contributed by atoms with Gasteiger partial charge in [-0.3, -0.25) is 10.1 Å². The standard InChI is InChI=1S/C15H18N2O2S/c1-9-7-10(18)5-6-11(9)13(19)17-14-16-12(8-20-14)15(2,3)4/h5-8,18H,1-4H3,(H,16,17,19). The lowest BCUT2D eigenvalue weighted by atomic mass is 9.93. The first-order valence-corrected chi connectivity index (χ1v) is 7.22. The van der Waals surface area contributed by atoms with Crippen molar-refractivity contribution < 1.29 is 9.90 Å². The fourth-order valence-electron chi connectivity index (χ4n) is 1.74. The van der Waals surface area contributed by atoms with Gasteiger partial charge in [0.1, 0.15) is 5.75 Å². The van der Waals surface area contributed by atoms with Gasteiger partial charge in [-0.15, -0.1) is 11.3 Å². The Morgan fingerprint density at radius 1 is 1.35 bits per heavy atom. The zero-order valence-electron chi connectivity index (χ0n) is 12.0. The van der Waals surface area contributed by atoms with Gasteiger partial charge in [0, 0.05) is 16.4 Å². The molecule has 0 fully saturated rings. The molecule has 0 atom stereocenters. The van der Waals surface area contributed by atoms with Crippen LogP contribution in [0.5, 0.6) is 5.75 Å². The van der Waals surface area contributed by atoms with Crippen molar-refractivity contribution in [2.75, 3.05) is 5.32 Å².